The van der Waals surface area contributed by atoms with Gasteiger partial charge in [0.15, 0.2) is 0 Å². The fraction of sp³-hybridized carbons (Fsp3) is 0.875. The predicted octanol–water partition coefficient (Wildman–Crippen LogP) is 1.87. The lowest BCUT2D eigenvalue weighted by Gasteiger charge is -2.23. The third kappa shape index (κ3) is 1.49. The molecule has 1 rings (SSSR count). The molecule has 2 heteroatoms. The molecule has 0 radical (unpaired) electrons. The summed E-state index contributed by atoms with van der Waals surface area (Å²) >= 11 is 0. The lowest BCUT2D eigenvalue weighted by atomic mass is 10.2. The van der Waals surface area contributed by atoms with Crippen LogP contribution in [0.3, 0.4) is 0 Å². The molecule has 0 N–H and O–H groups in total. The minimum Gasteiger partial charge on any atom is -0.295 e. The van der Waals surface area contributed by atoms with Crippen molar-refractivity contribution in [2.75, 3.05) is 6.54 Å². The molecule has 1 aliphatic carbocycles. The molecule has 1 aliphatic rings. The number of rotatable bonds is 3. The summed E-state index contributed by atoms with van der Waals surface area (Å²) in [5.41, 5.74) is 0. The maximum absolute atomic E-state index is 3.97. The van der Waals surface area contributed by atoms with Gasteiger partial charge in [0.2, 0.25) is 0 Å². The minimum atomic E-state index is 0.697. The van der Waals surface area contributed by atoms with Crippen LogP contribution in [0.25, 0.3) is 0 Å². The minimum absolute atomic E-state index is 0.697. The van der Waals surface area contributed by atoms with E-state index in [1.807, 2.05) is 0 Å². The summed E-state index contributed by atoms with van der Waals surface area (Å²) in [6.07, 6.45) is 5.37. The Labute approximate surface area is 62.9 Å². The third-order valence-corrected chi connectivity index (χ3v) is 2.25. The average molecular weight is 140 g/mol. The number of hydrazone groups is 1. The molecule has 0 bridgehead atoms. The highest BCUT2D eigenvalue weighted by atomic mass is 15.5. The van der Waals surface area contributed by atoms with Crippen LogP contribution in [0, 0.1) is 0 Å². The first-order valence-electron chi connectivity index (χ1n) is 4.11. The second-order valence-electron chi connectivity index (χ2n) is 2.84. The molecule has 1 fully saturated rings. The molecule has 0 heterocycles. The Hall–Kier alpha value is -0.530. The fourth-order valence-corrected chi connectivity index (χ4v) is 1.68. The van der Waals surface area contributed by atoms with Gasteiger partial charge in [-0.2, -0.15) is 5.10 Å². The molecule has 0 spiro atoms. The molecule has 0 saturated heterocycles. The van der Waals surface area contributed by atoms with E-state index in [0.717, 1.165) is 6.54 Å². The van der Waals surface area contributed by atoms with Gasteiger partial charge in [-0.1, -0.05) is 12.8 Å². The first kappa shape index (κ1) is 7.58. The quantitative estimate of drug-likeness (QED) is 0.431. The Morgan fingerprint density at radius 3 is 2.50 bits per heavy atom. The van der Waals surface area contributed by atoms with Crippen molar-refractivity contribution in [3.05, 3.63) is 0 Å². The van der Waals surface area contributed by atoms with Crippen molar-refractivity contribution in [1.29, 1.82) is 0 Å². The lowest BCUT2D eigenvalue weighted by Crippen LogP contribution is -2.27. The highest BCUT2D eigenvalue weighted by Crippen LogP contribution is 2.22. The summed E-state index contributed by atoms with van der Waals surface area (Å²) in [5.74, 6) is 0. The molecule has 0 aromatic heterocycles. The van der Waals surface area contributed by atoms with Gasteiger partial charge in [-0.25, -0.2) is 0 Å². The second kappa shape index (κ2) is 3.59. The van der Waals surface area contributed by atoms with E-state index in [9.17, 15) is 0 Å². The highest BCUT2D eigenvalue weighted by Gasteiger charge is 2.19. The summed E-state index contributed by atoms with van der Waals surface area (Å²) in [6.45, 7) is 6.69. The molecule has 0 aromatic rings. The molecule has 0 aromatic carbocycles. The molecule has 10 heavy (non-hydrogen) atoms. The summed E-state index contributed by atoms with van der Waals surface area (Å²) < 4.78 is 0. The van der Waals surface area contributed by atoms with Crippen molar-refractivity contribution in [2.45, 2.75) is 38.6 Å². The van der Waals surface area contributed by atoms with Crippen molar-refractivity contribution in [1.82, 2.24) is 5.01 Å². The Bertz CT molecular complexity index is 106. The van der Waals surface area contributed by atoms with Gasteiger partial charge < -0.3 is 0 Å². The van der Waals surface area contributed by atoms with E-state index in [2.05, 4.69) is 23.8 Å². The molecule has 0 amide bonds. The van der Waals surface area contributed by atoms with Crippen LogP contribution in [0.4, 0.5) is 0 Å². The van der Waals surface area contributed by atoms with E-state index in [-0.39, 0.29) is 0 Å². The molecule has 0 unspecified atom stereocenters. The summed E-state index contributed by atoms with van der Waals surface area (Å²) in [6, 6.07) is 0.697. The standard InChI is InChI=1S/C8H16N2/c1-3-10(9-2)8-6-4-5-7-8/h8H,2-7H2,1H3. The zero-order valence-electron chi connectivity index (χ0n) is 6.71. The number of nitrogens with zero attached hydrogens (tertiary/aromatic N) is 2. The van der Waals surface area contributed by atoms with Gasteiger partial charge in [0, 0.05) is 19.3 Å². The maximum atomic E-state index is 3.97. The Balaban J connectivity index is 2.36. The Morgan fingerprint density at radius 2 is 2.10 bits per heavy atom. The zero-order valence-corrected chi connectivity index (χ0v) is 6.71. The van der Waals surface area contributed by atoms with Gasteiger partial charge in [0.1, 0.15) is 0 Å². The summed E-state index contributed by atoms with van der Waals surface area (Å²) in [7, 11) is 0. The number of hydrogen-bond acceptors (Lipinski definition) is 2. The van der Waals surface area contributed by atoms with E-state index in [4.69, 9.17) is 0 Å². The maximum Gasteiger partial charge on any atom is 0.0470 e. The van der Waals surface area contributed by atoms with Crippen molar-refractivity contribution < 1.29 is 0 Å². The molecule has 0 aliphatic heterocycles. The van der Waals surface area contributed by atoms with Crippen molar-refractivity contribution in [3.63, 3.8) is 0 Å². The van der Waals surface area contributed by atoms with Gasteiger partial charge in [-0.15, -0.1) is 0 Å². The molecular formula is C8H16N2. The molecule has 0 atom stereocenters. The molecule has 2 nitrogen and oxygen atoms in total. The van der Waals surface area contributed by atoms with Crippen LogP contribution in [-0.2, 0) is 0 Å². The average Bonchev–Trinajstić information content (AvgIpc) is 2.43. The van der Waals surface area contributed by atoms with Crippen LogP contribution in [-0.4, -0.2) is 24.3 Å². The van der Waals surface area contributed by atoms with Gasteiger partial charge in [-0.3, -0.25) is 5.01 Å². The van der Waals surface area contributed by atoms with E-state index in [0.29, 0.717) is 6.04 Å². The van der Waals surface area contributed by atoms with Crippen LogP contribution in [0.5, 0.6) is 0 Å². The van der Waals surface area contributed by atoms with E-state index in [1.54, 1.807) is 0 Å². The van der Waals surface area contributed by atoms with Crippen LogP contribution in [0.15, 0.2) is 5.10 Å². The third-order valence-electron chi connectivity index (χ3n) is 2.25. The molecular weight excluding hydrogens is 124 g/mol. The molecule has 58 valence electrons. The Kier molecular flexibility index (Phi) is 2.72. The second-order valence-corrected chi connectivity index (χ2v) is 2.84. The smallest absolute Gasteiger partial charge is 0.0470 e. The zero-order chi connectivity index (χ0) is 7.40. The fourth-order valence-electron chi connectivity index (χ4n) is 1.68. The van der Waals surface area contributed by atoms with Crippen molar-refractivity contribution in [2.24, 2.45) is 5.10 Å². The van der Waals surface area contributed by atoms with Gasteiger partial charge in [0.05, 0.1) is 0 Å². The molecule has 1 saturated carbocycles. The summed E-state index contributed by atoms with van der Waals surface area (Å²) in [5, 5.41) is 6.08. The normalized spacial score (nSPS) is 19.3. The SMILES string of the molecule is C=NN(CC)C1CCCC1. The highest BCUT2D eigenvalue weighted by molar-refractivity contribution is 5.22. The Morgan fingerprint density at radius 1 is 1.50 bits per heavy atom. The van der Waals surface area contributed by atoms with E-state index < -0.39 is 0 Å². The van der Waals surface area contributed by atoms with Crippen LogP contribution < -0.4 is 0 Å². The lowest BCUT2D eigenvalue weighted by molar-refractivity contribution is 0.221. The van der Waals surface area contributed by atoms with Crippen LogP contribution in [0.1, 0.15) is 32.6 Å². The largest absolute Gasteiger partial charge is 0.295 e. The topological polar surface area (TPSA) is 15.6 Å². The first-order chi connectivity index (χ1) is 4.88. The van der Waals surface area contributed by atoms with Gasteiger partial charge >= 0.3 is 0 Å². The van der Waals surface area contributed by atoms with Gasteiger partial charge in [-0.05, 0) is 19.8 Å². The van der Waals surface area contributed by atoms with Crippen LogP contribution >= 0.6 is 0 Å². The van der Waals surface area contributed by atoms with Crippen molar-refractivity contribution >= 4 is 6.72 Å². The summed E-state index contributed by atoms with van der Waals surface area (Å²) in [4.78, 5) is 0. The van der Waals surface area contributed by atoms with Gasteiger partial charge in [0.25, 0.3) is 0 Å². The predicted molar refractivity (Wildman–Crippen MR) is 44.2 cm³/mol. The van der Waals surface area contributed by atoms with E-state index >= 15 is 0 Å². The first-order valence-corrected chi connectivity index (χ1v) is 4.11. The number of hydrogen-bond donors (Lipinski definition) is 0. The van der Waals surface area contributed by atoms with Crippen LogP contribution in [0.2, 0.25) is 0 Å². The van der Waals surface area contributed by atoms with Crippen molar-refractivity contribution in [3.8, 4) is 0 Å². The monoisotopic (exact) mass is 140 g/mol. The van der Waals surface area contributed by atoms with E-state index in [1.165, 1.54) is 25.7 Å².